The molecule has 1 amide bonds. The molecule has 1 fully saturated rings. The van der Waals surface area contributed by atoms with Crippen LogP contribution in [0.2, 0.25) is 0 Å². The van der Waals surface area contributed by atoms with Gasteiger partial charge in [0.15, 0.2) is 0 Å². The van der Waals surface area contributed by atoms with E-state index in [2.05, 4.69) is 38.3 Å². The molecule has 0 saturated carbocycles. The molecule has 100 valence electrons. The number of amides is 1. The van der Waals surface area contributed by atoms with Gasteiger partial charge in [0.05, 0.1) is 0 Å². The molecule has 1 saturated heterocycles. The normalized spacial score (nSPS) is 26.9. The average Bonchev–Trinajstić information content (AvgIpc) is 2.29. The summed E-state index contributed by atoms with van der Waals surface area (Å²) in [6.07, 6.45) is 3.11. The highest BCUT2D eigenvalue weighted by Gasteiger charge is 2.23. The van der Waals surface area contributed by atoms with Crippen LogP contribution in [0, 0.1) is 17.8 Å². The van der Waals surface area contributed by atoms with Gasteiger partial charge in [0, 0.05) is 19.0 Å². The van der Waals surface area contributed by atoms with Gasteiger partial charge < -0.3 is 10.6 Å². The summed E-state index contributed by atoms with van der Waals surface area (Å²) in [6, 6.07) is 0.373. The lowest BCUT2D eigenvalue weighted by Crippen LogP contribution is -2.44. The smallest absolute Gasteiger partial charge is 0.221 e. The average molecular weight is 240 g/mol. The van der Waals surface area contributed by atoms with Crippen molar-refractivity contribution in [2.75, 3.05) is 13.1 Å². The Morgan fingerprint density at radius 3 is 2.71 bits per heavy atom. The molecular weight excluding hydrogens is 212 g/mol. The molecule has 0 aromatic heterocycles. The monoisotopic (exact) mass is 240 g/mol. The lowest BCUT2D eigenvalue weighted by molar-refractivity contribution is -0.122. The number of carbonyl (C=O) groups is 1. The van der Waals surface area contributed by atoms with E-state index in [9.17, 15) is 4.79 Å². The Morgan fingerprint density at radius 1 is 1.41 bits per heavy atom. The number of hydrogen-bond acceptors (Lipinski definition) is 2. The van der Waals surface area contributed by atoms with Crippen molar-refractivity contribution in [3.8, 4) is 0 Å². The van der Waals surface area contributed by atoms with E-state index in [1.807, 2.05) is 0 Å². The van der Waals surface area contributed by atoms with E-state index in [1.54, 1.807) is 0 Å². The molecule has 3 heteroatoms. The Labute approximate surface area is 106 Å². The highest BCUT2D eigenvalue weighted by Crippen LogP contribution is 2.17. The molecular formula is C14H28N2O. The summed E-state index contributed by atoms with van der Waals surface area (Å²) < 4.78 is 0. The number of rotatable bonds is 5. The third-order valence-corrected chi connectivity index (χ3v) is 4.09. The number of nitrogens with one attached hydrogen (secondary N) is 2. The van der Waals surface area contributed by atoms with Crippen LogP contribution in [-0.4, -0.2) is 25.0 Å². The maximum absolute atomic E-state index is 11.8. The van der Waals surface area contributed by atoms with Crippen molar-refractivity contribution in [2.24, 2.45) is 17.8 Å². The summed E-state index contributed by atoms with van der Waals surface area (Å²) in [5, 5.41) is 6.50. The lowest BCUT2D eigenvalue weighted by Gasteiger charge is -2.29. The molecule has 1 heterocycles. The molecule has 1 aliphatic heterocycles. The molecule has 0 radical (unpaired) electrons. The fraction of sp³-hybridized carbons (Fsp3) is 0.929. The van der Waals surface area contributed by atoms with Crippen molar-refractivity contribution in [3.05, 3.63) is 0 Å². The molecule has 3 nitrogen and oxygen atoms in total. The van der Waals surface area contributed by atoms with Gasteiger partial charge in [0.25, 0.3) is 0 Å². The summed E-state index contributed by atoms with van der Waals surface area (Å²) in [4.78, 5) is 11.8. The SMILES string of the molecule is CC(C)C(C)CNC(=O)CC1NCCCC1C. The van der Waals surface area contributed by atoms with Gasteiger partial charge in [-0.2, -0.15) is 0 Å². The first-order chi connectivity index (χ1) is 8.00. The molecule has 2 N–H and O–H groups in total. The van der Waals surface area contributed by atoms with Crippen LogP contribution >= 0.6 is 0 Å². The Balaban J connectivity index is 2.24. The van der Waals surface area contributed by atoms with Gasteiger partial charge in [-0.15, -0.1) is 0 Å². The predicted octanol–water partition coefficient (Wildman–Crippen LogP) is 2.17. The molecule has 1 rings (SSSR count). The van der Waals surface area contributed by atoms with E-state index in [4.69, 9.17) is 0 Å². The highest BCUT2D eigenvalue weighted by molar-refractivity contribution is 5.76. The van der Waals surface area contributed by atoms with Gasteiger partial charge in [-0.3, -0.25) is 4.79 Å². The minimum absolute atomic E-state index is 0.198. The molecule has 0 aromatic rings. The Bertz CT molecular complexity index is 240. The third kappa shape index (κ3) is 5.07. The summed E-state index contributed by atoms with van der Waals surface area (Å²) in [7, 11) is 0. The van der Waals surface area contributed by atoms with Gasteiger partial charge in [0.1, 0.15) is 0 Å². The van der Waals surface area contributed by atoms with E-state index < -0.39 is 0 Å². The van der Waals surface area contributed by atoms with Crippen molar-refractivity contribution in [1.29, 1.82) is 0 Å². The largest absolute Gasteiger partial charge is 0.356 e. The van der Waals surface area contributed by atoms with Crippen LogP contribution in [-0.2, 0) is 4.79 Å². The molecule has 1 aliphatic rings. The van der Waals surface area contributed by atoms with E-state index in [-0.39, 0.29) is 5.91 Å². The van der Waals surface area contributed by atoms with Gasteiger partial charge in [0.2, 0.25) is 5.91 Å². The van der Waals surface area contributed by atoms with Crippen molar-refractivity contribution in [3.63, 3.8) is 0 Å². The van der Waals surface area contributed by atoms with Crippen molar-refractivity contribution < 1.29 is 4.79 Å². The van der Waals surface area contributed by atoms with Gasteiger partial charge >= 0.3 is 0 Å². The minimum Gasteiger partial charge on any atom is -0.356 e. The van der Waals surface area contributed by atoms with Crippen molar-refractivity contribution >= 4 is 5.91 Å². The first-order valence-electron chi connectivity index (χ1n) is 7.00. The van der Waals surface area contributed by atoms with Crippen LogP contribution in [0.15, 0.2) is 0 Å². The molecule has 0 aromatic carbocycles. The standard InChI is InChI=1S/C14H28N2O/c1-10(2)12(4)9-16-14(17)8-13-11(3)6-5-7-15-13/h10-13,15H,5-9H2,1-4H3,(H,16,17). The van der Waals surface area contributed by atoms with E-state index in [0.717, 1.165) is 13.1 Å². The number of carbonyl (C=O) groups excluding carboxylic acids is 1. The molecule has 3 unspecified atom stereocenters. The van der Waals surface area contributed by atoms with Crippen molar-refractivity contribution in [2.45, 2.75) is 53.0 Å². The fourth-order valence-corrected chi connectivity index (χ4v) is 2.17. The zero-order chi connectivity index (χ0) is 12.8. The molecule has 17 heavy (non-hydrogen) atoms. The van der Waals surface area contributed by atoms with Crippen LogP contribution in [0.4, 0.5) is 0 Å². The Morgan fingerprint density at radius 2 is 2.12 bits per heavy atom. The zero-order valence-electron chi connectivity index (χ0n) is 11.8. The first kappa shape index (κ1) is 14.5. The summed E-state index contributed by atoms with van der Waals surface area (Å²) in [5.41, 5.74) is 0. The lowest BCUT2D eigenvalue weighted by atomic mass is 9.90. The van der Waals surface area contributed by atoms with E-state index in [0.29, 0.717) is 30.2 Å². The number of hydrogen-bond donors (Lipinski definition) is 2. The molecule has 0 bridgehead atoms. The van der Waals surface area contributed by atoms with Crippen LogP contribution in [0.1, 0.15) is 47.0 Å². The summed E-state index contributed by atoms with van der Waals surface area (Å²) in [6.45, 7) is 10.7. The molecule has 0 aliphatic carbocycles. The Hall–Kier alpha value is -0.570. The topological polar surface area (TPSA) is 41.1 Å². The second kappa shape index (κ2) is 7.00. The second-order valence-electron chi connectivity index (χ2n) is 5.91. The van der Waals surface area contributed by atoms with Gasteiger partial charge in [-0.1, -0.05) is 27.7 Å². The highest BCUT2D eigenvalue weighted by atomic mass is 16.1. The van der Waals surface area contributed by atoms with E-state index >= 15 is 0 Å². The number of piperidine rings is 1. The van der Waals surface area contributed by atoms with E-state index in [1.165, 1.54) is 12.8 Å². The molecule has 0 spiro atoms. The maximum atomic E-state index is 11.8. The summed E-state index contributed by atoms with van der Waals surface area (Å²) in [5.74, 6) is 2.00. The fourth-order valence-electron chi connectivity index (χ4n) is 2.17. The first-order valence-corrected chi connectivity index (χ1v) is 7.00. The van der Waals surface area contributed by atoms with Crippen molar-refractivity contribution in [1.82, 2.24) is 10.6 Å². The van der Waals surface area contributed by atoms with Gasteiger partial charge in [-0.25, -0.2) is 0 Å². The molecule has 3 atom stereocenters. The predicted molar refractivity (Wildman–Crippen MR) is 71.8 cm³/mol. The van der Waals surface area contributed by atoms with Crippen LogP contribution in [0.5, 0.6) is 0 Å². The zero-order valence-corrected chi connectivity index (χ0v) is 11.8. The Kier molecular flexibility index (Phi) is 5.96. The third-order valence-electron chi connectivity index (χ3n) is 4.09. The van der Waals surface area contributed by atoms with Crippen LogP contribution in [0.3, 0.4) is 0 Å². The summed E-state index contributed by atoms with van der Waals surface area (Å²) >= 11 is 0. The van der Waals surface area contributed by atoms with Crippen LogP contribution in [0.25, 0.3) is 0 Å². The quantitative estimate of drug-likeness (QED) is 0.773. The minimum atomic E-state index is 0.198. The maximum Gasteiger partial charge on any atom is 0.221 e. The van der Waals surface area contributed by atoms with Gasteiger partial charge in [-0.05, 0) is 37.1 Å². The van der Waals surface area contributed by atoms with Crippen LogP contribution < -0.4 is 10.6 Å². The second-order valence-corrected chi connectivity index (χ2v) is 5.91.